The second kappa shape index (κ2) is 8.48. The van der Waals surface area contributed by atoms with Crippen LogP contribution in [0.5, 0.6) is 0 Å². The van der Waals surface area contributed by atoms with Crippen molar-refractivity contribution in [3.05, 3.63) is 112 Å². The first-order chi connectivity index (χ1) is 16.6. The third-order valence-corrected chi connectivity index (χ3v) is 5.30. The molecule has 0 aliphatic carbocycles. The number of aromatic nitrogens is 4. The van der Waals surface area contributed by atoms with Gasteiger partial charge in [0.05, 0.1) is 11.4 Å². The highest BCUT2D eigenvalue weighted by Gasteiger charge is 2.25. The molecule has 5 rings (SSSR count). The van der Waals surface area contributed by atoms with Crippen LogP contribution in [0.4, 0.5) is 5.69 Å². The van der Waals surface area contributed by atoms with Crippen molar-refractivity contribution in [2.24, 2.45) is 0 Å². The number of carbonyl (C=O) groups is 1. The zero-order chi connectivity index (χ0) is 23.7. The Bertz CT molecular complexity index is 1630. The zero-order valence-corrected chi connectivity index (χ0v) is 18.1. The normalized spacial score (nSPS) is 10.7. The van der Waals surface area contributed by atoms with Gasteiger partial charge in [-0.15, -0.1) is 5.10 Å². The molecule has 1 amide bonds. The minimum Gasteiger partial charge on any atom is -0.319 e. The quantitative estimate of drug-likeness (QED) is 0.450. The summed E-state index contributed by atoms with van der Waals surface area (Å²) < 4.78 is 2.54. The summed E-state index contributed by atoms with van der Waals surface area (Å²) >= 11 is 0. The molecular formula is C26H18N6O2. The molecule has 2 heterocycles. The van der Waals surface area contributed by atoms with Gasteiger partial charge in [0.2, 0.25) is 11.6 Å². The molecule has 0 fully saturated rings. The molecule has 0 atom stereocenters. The number of fused-ring (bicyclic) bond motifs is 1. The monoisotopic (exact) mass is 446 g/mol. The lowest BCUT2D eigenvalue weighted by molar-refractivity contribution is 0.101. The molecule has 0 bridgehead atoms. The van der Waals surface area contributed by atoms with Crippen LogP contribution in [0.15, 0.2) is 89.7 Å². The number of hydrogen-bond donors (Lipinski definition) is 1. The van der Waals surface area contributed by atoms with Crippen LogP contribution in [-0.2, 0) is 0 Å². The molecule has 0 spiro atoms. The average molecular weight is 446 g/mol. The number of amides is 1. The number of carbonyl (C=O) groups excluding carboxylic acids is 1. The van der Waals surface area contributed by atoms with Crippen LogP contribution in [0.25, 0.3) is 22.7 Å². The SMILES string of the molecule is Cc1cccc(-n2nc(C(=O)Nc3ccccc3)n3c(=O)c(C#N)c(-c4ccccc4)nc23)c1. The van der Waals surface area contributed by atoms with E-state index in [4.69, 9.17) is 0 Å². The number of aryl methyl sites for hydroxylation is 1. The van der Waals surface area contributed by atoms with E-state index in [2.05, 4.69) is 15.4 Å². The molecule has 3 aromatic carbocycles. The van der Waals surface area contributed by atoms with E-state index in [1.807, 2.05) is 49.4 Å². The van der Waals surface area contributed by atoms with Gasteiger partial charge in [-0.3, -0.25) is 9.59 Å². The molecule has 0 aliphatic rings. The predicted molar refractivity (Wildman–Crippen MR) is 128 cm³/mol. The van der Waals surface area contributed by atoms with Gasteiger partial charge in [0.25, 0.3) is 11.5 Å². The molecule has 0 saturated heterocycles. The largest absolute Gasteiger partial charge is 0.319 e. The van der Waals surface area contributed by atoms with Crippen molar-refractivity contribution in [2.45, 2.75) is 6.92 Å². The molecule has 34 heavy (non-hydrogen) atoms. The average Bonchev–Trinajstić information content (AvgIpc) is 3.25. The van der Waals surface area contributed by atoms with E-state index < -0.39 is 11.5 Å². The van der Waals surface area contributed by atoms with E-state index in [0.29, 0.717) is 16.9 Å². The van der Waals surface area contributed by atoms with Crippen molar-refractivity contribution in [3.63, 3.8) is 0 Å². The summed E-state index contributed by atoms with van der Waals surface area (Å²) in [7, 11) is 0. The first-order valence-electron chi connectivity index (χ1n) is 10.5. The van der Waals surface area contributed by atoms with E-state index in [-0.39, 0.29) is 22.9 Å². The number of benzene rings is 3. The summed E-state index contributed by atoms with van der Waals surface area (Å²) in [5.41, 5.74) is 2.17. The molecule has 0 saturated carbocycles. The number of nitrogens with one attached hydrogen (secondary N) is 1. The second-order valence-corrected chi connectivity index (χ2v) is 7.65. The molecule has 1 N–H and O–H groups in total. The maximum atomic E-state index is 13.5. The Morgan fingerprint density at radius 3 is 2.35 bits per heavy atom. The maximum Gasteiger partial charge on any atom is 0.294 e. The fourth-order valence-corrected chi connectivity index (χ4v) is 3.72. The summed E-state index contributed by atoms with van der Waals surface area (Å²) in [5.74, 6) is -0.636. The molecule has 8 nitrogen and oxygen atoms in total. The highest BCUT2D eigenvalue weighted by Crippen LogP contribution is 2.22. The Morgan fingerprint density at radius 2 is 1.68 bits per heavy atom. The predicted octanol–water partition coefficient (Wildman–Crippen LogP) is 3.98. The van der Waals surface area contributed by atoms with Gasteiger partial charge in [-0.1, -0.05) is 60.7 Å². The molecule has 5 aromatic rings. The minimum atomic E-state index is -0.663. The Hall–Kier alpha value is -5.03. The van der Waals surface area contributed by atoms with Crippen molar-refractivity contribution in [3.8, 4) is 23.0 Å². The standard InChI is InChI=1S/C26H18N6O2/c1-17-9-8-14-20(15-17)32-26-29-22(18-10-4-2-5-11-18)21(16-27)25(34)31(26)23(30-32)24(33)28-19-12-6-3-7-13-19/h2-15H,1H3,(H,28,33). The van der Waals surface area contributed by atoms with Crippen LogP contribution in [-0.4, -0.2) is 25.1 Å². The highest BCUT2D eigenvalue weighted by atomic mass is 16.2. The van der Waals surface area contributed by atoms with Crippen molar-refractivity contribution < 1.29 is 4.79 Å². The topological polar surface area (TPSA) is 105 Å². The van der Waals surface area contributed by atoms with Gasteiger partial charge in [0.1, 0.15) is 11.6 Å². The second-order valence-electron chi connectivity index (χ2n) is 7.65. The van der Waals surface area contributed by atoms with Gasteiger partial charge in [0.15, 0.2) is 0 Å². The summed E-state index contributed by atoms with van der Waals surface area (Å²) in [4.78, 5) is 31.4. The summed E-state index contributed by atoms with van der Waals surface area (Å²) in [6.07, 6.45) is 0. The maximum absolute atomic E-state index is 13.5. The lowest BCUT2D eigenvalue weighted by atomic mass is 10.1. The lowest BCUT2D eigenvalue weighted by Gasteiger charge is -2.07. The molecule has 8 heteroatoms. The minimum absolute atomic E-state index is 0.131. The van der Waals surface area contributed by atoms with Crippen LogP contribution >= 0.6 is 0 Å². The van der Waals surface area contributed by atoms with Crippen LogP contribution in [0.3, 0.4) is 0 Å². The first-order valence-corrected chi connectivity index (χ1v) is 10.5. The highest BCUT2D eigenvalue weighted by molar-refractivity contribution is 6.02. The van der Waals surface area contributed by atoms with Crippen LogP contribution in [0.2, 0.25) is 0 Å². The van der Waals surface area contributed by atoms with Crippen LogP contribution in [0, 0.1) is 18.3 Å². The van der Waals surface area contributed by atoms with E-state index >= 15 is 0 Å². The molecule has 0 radical (unpaired) electrons. The number of para-hydroxylation sites is 1. The van der Waals surface area contributed by atoms with E-state index in [0.717, 1.165) is 9.96 Å². The molecule has 0 unspecified atom stereocenters. The fraction of sp³-hybridized carbons (Fsp3) is 0.0385. The third-order valence-electron chi connectivity index (χ3n) is 5.30. The van der Waals surface area contributed by atoms with E-state index in [9.17, 15) is 14.9 Å². The Labute approximate surface area is 194 Å². The fourth-order valence-electron chi connectivity index (χ4n) is 3.72. The van der Waals surface area contributed by atoms with Gasteiger partial charge in [-0.2, -0.15) is 9.94 Å². The molecule has 164 valence electrons. The molecule has 2 aromatic heterocycles. The van der Waals surface area contributed by atoms with Crippen molar-refractivity contribution >= 4 is 17.4 Å². The van der Waals surface area contributed by atoms with Crippen molar-refractivity contribution in [1.29, 1.82) is 5.26 Å². The molecular weight excluding hydrogens is 428 g/mol. The van der Waals surface area contributed by atoms with Crippen LogP contribution in [0.1, 0.15) is 21.7 Å². The number of nitrogens with zero attached hydrogens (tertiary/aromatic N) is 5. The third kappa shape index (κ3) is 3.61. The Balaban J connectivity index is 1.80. The Kier molecular flexibility index (Phi) is 5.20. The summed E-state index contributed by atoms with van der Waals surface area (Å²) in [6, 6.07) is 27.3. The summed E-state index contributed by atoms with van der Waals surface area (Å²) in [5, 5.41) is 17.0. The van der Waals surface area contributed by atoms with Gasteiger partial charge in [-0.25, -0.2) is 9.38 Å². The van der Waals surface area contributed by atoms with E-state index in [1.165, 1.54) is 4.68 Å². The van der Waals surface area contributed by atoms with Crippen molar-refractivity contribution in [1.82, 2.24) is 19.2 Å². The summed E-state index contributed by atoms with van der Waals surface area (Å²) in [6.45, 7) is 1.93. The number of hydrogen-bond acceptors (Lipinski definition) is 5. The van der Waals surface area contributed by atoms with Gasteiger partial charge in [0, 0.05) is 11.3 Å². The number of nitriles is 1. The van der Waals surface area contributed by atoms with Gasteiger partial charge in [-0.05, 0) is 36.8 Å². The smallest absolute Gasteiger partial charge is 0.294 e. The van der Waals surface area contributed by atoms with E-state index in [1.54, 1.807) is 48.5 Å². The first kappa shape index (κ1) is 20.8. The zero-order valence-electron chi connectivity index (χ0n) is 18.1. The van der Waals surface area contributed by atoms with Gasteiger partial charge >= 0.3 is 0 Å². The molecule has 0 aliphatic heterocycles. The lowest BCUT2D eigenvalue weighted by Crippen LogP contribution is -2.25. The van der Waals surface area contributed by atoms with Gasteiger partial charge < -0.3 is 5.32 Å². The number of anilines is 1. The Morgan fingerprint density at radius 1 is 0.971 bits per heavy atom. The van der Waals surface area contributed by atoms with Crippen LogP contribution < -0.4 is 10.9 Å². The number of rotatable bonds is 4. The van der Waals surface area contributed by atoms with Crippen molar-refractivity contribution in [2.75, 3.05) is 5.32 Å².